The summed E-state index contributed by atoms with van der Waals surface area (Å²) in [5.41, 5.74) is -1.11. The highest BCUT2D eigenvalue weighted by Gasteiger charge is 2.43. The van der Waals surface area contributed by atoms with Crippen LogP contribution in [0.1, 0.15) is 10.4 Å². The Labute approximate surface area is 150 Å². The van der Waals surface area contributed by atoms with Gasteiger partial charge in [0.05, 0.1) is 11.0 Å². The van der Waals surface area contributed by atoms with Crippen molar-refractivity contribution in [1.29, 1.82) is 0 Å². The third kappa shape index (κ3) is 4.37. The summed E-state index contributed by atoms with van der Waals surface area (Å²) in [5.74, 6) is -0.701. The number of alkyl halides is 3. The molecule has 1 atom stereocenters. The number of halogens is 3. The largest absolute Gasteiger partial charge is 0.405 e. The molecule has 1 aliphatic heterocycles. The molecule has 1 fully saturated rings. The molecule has 2 heterocycles. The summed E-state index contributed by atoms with van der Waals surface area (Å²) < 4.78 is 40.1. The van der Waals surface area contributed by atoms with Gasteiger partial charge in [0.15, 0.2) is 0 Å². The molecule has 0 aliphatic carbocycles. The van der Waals surface area contributed by atoms with Crippen molar-refractivity contribution in [3.63, 3.8) is 0 Å². The Bertz CT molecular complexity index is 947. The van der Waals surface area contributed by atoms with Crippen LogP contribution in [-0.4, -0.2) is 65.7 Å². The van der Waals surface area contributed by atoms with Gasteiger partial charge in [-0.1, -0.05) is 0 Å². The van der Waals surface area contributed by atoms with E-state index in [1.54, 1.807) is 0 Å². The number of hydrogen-bond acceptors (Lipinski definition) is 5. The van der Waals surface area contributed by atoms with Crippen LogP contribution in [0.5, 0.6) is 0 Å². The fraction of sp³-hybridized carbons (Fsp3) is 0.438. The molecule has 1 amide bonds. The minimum atomic E-state index is -4.47. The zero-order valence-corrected chi connectivity index (χ0v) is 14.2. The number of nitrogens with zero attached hydrogens (tertiary/aromatic N) is 1. The Hall–Kier alpha value is -2.66. The predicted molar refractivity (Wildman–Crippen MR) is 91.8 cm³/mol. The Morgan fingerprint density at radius 1 is 1.11 bits per heavy atom. The van der Waals surface area contributed by atoms with E-state index in [0.29, 0.717) is 18.6 Å². The van der Waals surface area contributed by atoms with E-state index in [0.717, 1.165) is 0 Å². The molecule has 8 nitrogen and oxygen atoms in total. The van der Waals surface area contributed by atoms with Gasteiger partial charge in [-0.05, 0) is 18.2 Å². The molecule has 1 aliphatic rings. The third-order valence-corrected chi connectivity index (χ3v) is 4.41. The van der Waals surface area contributed by atoms with Gasteiger partial charge in [-0.3, -0.25) is 19.3 Å². The molecule has 0 saturated carbocycles. The summed E-state index contributed by atoms with van der Waals surface area (Å²) in [5, 5.41) is 5.30. The molecule has 0 radical (unpaired) electrons. The van der Waals surface area contributed by atoms with Gasteiger partial charge in [0.2, 0.25) is 0 Å². The highest BCUT2D eigenvalue weighted by atomic mass is 19.4. The van der Waals surface area contributed by atoms with Crippen molar-refractivity contribution < 1.29 is 18.0 Å². The lowest BCUT2D eigenvalue weighted by molar-refractivity contribution is -0.183. The number of rotatable bonds is 4. The van der Waals surface area contributed by atoms with E-state index in [2.05, 4.69) is 20.6 Å². The maximum absolute atomic E-state index is 13.4. The number of fused-ring (bicyclic) bond motifs is 1. The van der Waals surface area contributed by atoms with Crippen molar-refractivity contribution in [2.75, 3.05) is 32.7 Å². The summed E-state index contributed by atoms with van der Waals surface area (Å²) >= 11 is 0. The first-order chi connectivity index (χ1) is 12.8. The summed E-state index contributed by atoms with van der Waals surface area (Å²) in [7, 11) is 0. The molecule has 146 valence electrons. The molecule has 1 aromatic heterocycles. The highest BCUT2D eigenvalue weighted by Crippen LogP contribution is 2.25. The van der Waals surface area contributed by atoms with Crippen LogP contribution in [-0.2, 0) is 0 Å². The normalized spacial score (nSPS) is 17.0. The zero-order chi connectivity index (χ0) is 19.6. The fourth-order valence-electron chi connectivity index (χ4n) is 2.99. The van der Waals surface area contributed by atoms with Crippen LogP contribution >= 0.6 is 0 Å². The molecule has 4 N–H and O–H groups in total. The molecule has 2 aromatic rings. The van der Waals surface area contributed by atoms with Crippen LogP contribution in [0.25, 0.3) is 11.0 Å². The van der Waals surface area contributed by atoms with E-state index in [1.807, 2.05) is 0 Å². The lowest BCUT2D eigenvalue weighted by Crippen LogP contribution is -2.57. The van der Waals surface area contributed by atoms with Crippen LogP contribution in [0.4, 0.5) is 13.2 Å². The average molecular weight is 385 g/mol. The van der Waals surface area contributed by atoms with E-state index in [-0.39, 0.29) is 24.2 Å². The summed E-state index contributed by atoms with van der Waals surface area (Å²) in [6.07, 6.45) is -4.47. The van der Waals surface area contributed by atoms with E-state index in [4.69, 9.17) is 0 Å². The molecule has 1 saturated heterocycles. The zero-order valence-electron chi connectivity index (χ0n) is 14.2. The van der Waals surface area contributed by atoms with Crippen LogP contribution in [0, 0.1) is 0 Å². The van der Waals surface area contributed by atoms with E-state index in [9.17, 15) is 27.6 Å². The minimum absolute atomic E-state index is 0.0754. The van der Waals surface area contributed by atoms with Gasteiger partial charge in [0.1, 0.15) is 6.04 Å². The van der Waals surface area contributed by atoms with Gasteiger partial charge in [-0.15, -0.1) is 0 Å². The number of aromatic nitrogens is 2. The topological polar surface area (TPSA) is 110 Å². The van der Waals surface area contributed by atoms with Crippen molar-refractivity contribution in [1.82, 2.24) is 25.5 Å². The number of benzene rings is 1. The van der Waals surface area contributed by atoms with Crippen molar-refractivity contribution in [2.24, 2.45) is 0 Å². The monoisotopic (exact) mass is 385 g/mol. The Morgan fingerprint density at radius 3 is 2.37 bits per heavy atom. The fourth-order valence-corrected chi connectivity index (χ4v) is 2.99. The predicted octanol–water partition coefficient (Wildman–Crippen LogP) is -0.218. The SMILES string of the molecule is O=C(NCC(N1CCNCC1)C(F)(F)F)c1ccc2[nH]c(=O)c(=O)[nH]c2c1. The maximum atomic E-state index is 13.4. The van der Waals surface area contributed by atoms with E-state index in [1.165, 1.54) is 23.1 Å². The minimum Gasteiger partial charge on any atom is -0.350 e. The van der Waals surface area contributed by atoms with Gasteiger partial charge in [0.25, 0.3) is 5.91 Å². The number of hydrogen-bond donors (Lipinski definition) is 4. The number of piperazine rings is 1. The summed E-state index contributed by atoms with van der Waals surface area (Å²) in [4.78, 5) is 40.9. The number of nitrogens with one attached hydrogen (secondary N) is 4. The molecule has 1 unspecified atom stereocenters. The Morgan fingerprint density at radius 2 is 1.74 bits per heavy atom. The molecule has 0 bridgehead atoms. The molecule has 0 spiro atoms. The maximum Gasteiger partial charge on any atom is 0.405 e. The van der Waals surface area contributed by atoms with Gasteiger partial charge in [-0.25, -0.2) is 0 Å². The number of amides is 1. The summed E-state index contributed by atoms with van der Waals surface area (Å²) in [6, 6.07) is 2.29. The first-order valence-electron chi connectivity index (χ1n) is 8.32. The van der Waals surface area contributed by atoms with Gasteiger partial charge >= 0.3 is 17.3 Å². The Kier molecular flexibility index (Phi) is 5.33. The second-order valence-corrected chi connectivity index (χ2v) is 6.22. The number of H-pyrrole nitrogens is 2. The van der Waals surface area contributed by atoms with Crippen molar-refractivity contribution in [3.8, 4) is 0 Å². The van der Waals surface area contributed by atoms with E-state index >= 15 is 0 Å². The van der Waals surface area contributed by atoms with Crippen LogP contribution < -0.4 is 21.8 Å². The second kappa shape index (κ2) is 7.53. The van der Waals surface area contributed by atoms with Gasteiger partial charge in [-0.2, -0.15) is 13.2 Å². The first kappa shape index (κ1) is 19.1. The lowest BCUT2D eigenvalue weighted by Gasteiger charge is -2.35. The number of carbonyl (C=O) groups excluding carboxylic acids is 1. The number of carbonyl (C=O) groups is 1. The number of aromatic amines is 2. The smallest absolute Gasteiger partial charge is 0.350 e. The lowest BCUT2D eigenvalue weighted by atomic mass is 10.1. The Balaban J connectivity index is 1.75. The van der Waals surface area contributed by atoms with Gasteiger partial charge in [0, 0.05) is 38.3 Å². The van der Waals surface area contributed by atoms with Crippen LogP contribution in [0.2, 0.25) is 0 Å². The molecule has 3 rings (SSSR count). The van der Waals surface area contributed by atoms with Crippen LogP contribution in [0.3, 0.4) is 0 Å². The first-order valence-corrected chi connectivity index (χ1v) is 8.32. The standard InChI is InChI=1S/C16H18F3N5O3/c17-16(18,19)12(24-5-3-20-4-6-24)8-21-13(25)9-1-2-10-11(7-9)23-15(27)14(26)22-10/h1-2,7,12,20H,3-6,8H2,(H,21,25)(H,22,26)(H,23,27). The quantitative estimate of drug-likeness (QED) is 0.544. The van der Waals surface area contributed by atoms with Crippen LogP contribution in [0.15, 0.2) is 27.8 Å². The van der Waals surface area contributed by atoms with Crippen molar-refractivity contribution >= 4 is 16.9 Å². The highest BCUT2D eigenvalue weighted by molar-refractivity contribution is 5.97. The molecule has 1 aromatic carbocycles. The molecular formula is C16H18F3N5O3. The van der Waals surface area contributed by atoms with Crippen molar-refractivity contribution in [3.05, 3.63) is 44.5 Å². The molecular weight excluding hydrogens is 367 g/mol. The average Bonchev–Trinajstić information content (AvgIpc) is 2.62. The molecule has 27 heavy (non-hydrogen) atoms. The molecule has 11 heteroatoms. The second-order valence-electron chi connectivity index (χ2n) is 6.22. The van der Waals surface area contributed by atoms with Gasteiger partial charge < -0.3 is 20.6 Å². The third-order valence-electron chi connectivity index (χ3n) is 4.41. The summed E-state index contributed by atoms with van der Waals surface area (Å²) in [6.45, 7) is 0.811. The van der Waals surface area contributed by atoms with E-state index < -0.39 is 35.8 Å². The van der Waals surface area contributed by atoms with Crippen molar-refractivity contribution in [2.45, 2.75) is 12.2 Å².